The molecule has 0 radical (unpaired) electrons. The van der Waals surface area contributed by atoms with Gasteiger partial charge in [-0.3, -0.25) is 4.79 Å². The highest BCUT2D eigenvalue weighted by Gasteiger charge is 2.43. The maximum Gasteiger partial charge on any atom is 0.330 e. The number of aryl methyl sites for hydroxylation is 1. The van der Waals surface area contributed by atoms with Gasteiger partial charge in [0, 0.05) is 5.75 Å². The van der Waals surface area contributed by atoms with Crippen LogP contribution in [0.2, 0.25) is 0 Å². The van der Waals surface area contributed by atoms with Crippen molar-refractivity contribution in [2.45, 2.75) is 31.7 Å². The van der Waals surface area contributed by atoms with Crippen molar-refractivity contribution in [3.8, 4) is 0 Å². The van der Waals surface area contributed by atoms with E-state index >= 15 is 0 Å². The number of aliphatic carboxylic acids is 1. The third kappa shape index (κ3) is 3.33. The fourth-order valence-electron chi connectivity index (χ4n) is 2.27. The zero-order valence-corrected chi connectivity index (χ0v) is 12.3. The molecule has 2 N–H and O–H groups in total. The van der Waals surface area contributed by atoms with E-state index in [1.807, 2.05) is 24.3 Å². The lowest BCUT2D eigenvalue weighted by Gasteiger charge is -2.24. The largest absolute Gasteiger partial charge is 0.479 e. The number of hydrogen-bond acceptors (Lipinski definition) is 3. The lowest BCUT2D eigenvalue weighted by molar-refractivity contribution is -0.146. The Kier molecular flexibility index (Phi) is 4.70. The Morgan fingerprint density at radius 1 is 1.30 bits per heavy atom. The van der Waals surface area contributed by atoms with E-state index in [1.54, 1.807) is 11.8 Å². The molecule has 1 heterocycles. The minimum Gasteiger partial charge on any atom is -0.479 e. The van der Waals surface area contributed by atoms with Gasteiger partial charge in [0.25, 0.3) is 0 Å². The number of hydrogen-bond donors (Lipinski definition) is 2. The van der Waals surface area contributed by atoms with Crippen LogP contribution < -0.4 is 5.32 Å². The Morgan fingerprint density at radius 3 is 2.45 bits per heavy atom. The third-order valence-electron chi connectivity index (χ3n) is 3.61. The van der Waals surface area contributed by atoms with Crippen molar-refractivity contribution in [2.75, 3.05) is 11.5 Å². The van der Waals surface area contributed by atoms with Gasteiger partial charge in [0.1, 0.15) is 5.54 Å². The number of thioether (sulfide) groups is 1. The van der Waals surface area contributed by atoms with Crippen molar-refractivity contribution in [1.82, 2.24) is 5.32 Å². The lowest BCUT2D eigenvalue weighted by Crippen LogP contribution is -2.55. The molecule has 1 aromatic rings. The summed E-state index contributed by atoms with van der Waals surface area (Å²) in [5, 5.41) is 12.0. The Hall–Kier alpha value is -1.49. The summed E-state index contributed by atoms with van der Waals surface area (Å²) >= 11 is 1.57. The summed E-state index contributed by atoms with van der Waals surface area (Å²) in [6, 6.07) is 7.85. The molecular weight excluding hydrogens is 274 g/mol. The van der Waals surface area contributed by atoms with Gasteiger partial charge in [0.05, 0.1) is 6.42 Å². The number of benzene rings is 1. The van der Waals surface area contributed by atoms with E-state index in [-0.39, 0.29) is 12.3 Å². The molecule has 0 aliphatic carbocycles. The number of carboxylic acid groups (broad SMARTS) is 1. The van der Waals surface area contributed by atoms with Crippen LogP contribution in [0.25, 0.3) is 0 Å². The summed E-state index contributed by atoms with van der Waals surface area (Å²) in [6.07, 6.45) is 1.68. The molecule has 2 rings (SSSR count). The van der Waals surface area contributed by atoms with Crippen molar-refractivity contribution in [3.05, 3.63) is 35.4 Å². The van der Waals surface area contributed by atoms with Crippen LogP contribution in [0.1, 0.15) is 24.5 Å². The summed E-state index contributed by atoms with van der Waals surface area (Å²) in [4.78, 5) is 23.4. The molecule has 1 aliphatic rings. The van der Waals surface area contributed by atoms with Gasteiger partial charge in [0.15, 0.2) is 0 Å². The van der Waals surface area contributed by atoms with Gasteiger partial charge in [0.2, 0.25) is 5.91 Å². The maximum atomic E-state index is 12.0. The first-order valence-electron chi connectivity index (χ1n) is 6.76. The van der Waals surface area contributed by atoms with Gasteiger partial charge in [-0.1, -0.05) is 31.2 Å². The molecule has 1 amide bonds. The van der Waals surface area contributed by atoms with Crippen LogP contribution in [-0.2, 0) is 22.4 Å². The molecule has 1 aliphatic heterocycles. The zero-order chi connectivity index (χ0) is 14.6. The summed E-state index contributed by atoms with van der Waals surface area (Å²) in [5.74, 6) is 0.0667. The number of carboxylic acids is 1. The van der Waals surface area contributed by atoms with Crippen molar-refractivity contribution >= 4 is 23.6 Å². The molecule has 4 nitrogen and oxygen atoms in total. The molecule has 1 saturated heterocycles. The topological polar surface area (TPSA) is 66.4 Å². The number of amides is 1. The molecule has 0 aromatic heterocycles. The summed E-state index contributed by atoms with van der Waals surface area (Å²) in [7, 11) is 0. The molecular formula is C15H19NO3S. The van der Waals surface area contributed by atoms with Gasteiger partial charge < -0.3 is 10.4 Å². The summed E-state index contributed by atoms with van der Waals surface area (Å²) in [6.45, 7) is 2.08. The molecule has 0 saturated carbocycles. The van der Waals surface area contributed by atoms with E-state index in [0.29, 0.717) is 12.2 Å². The second-order valence-electron chi connectivity index (χ2n) is 5.08. The van der Waals surface area contributed by atoms with E-state index in [0.717, 1.165) is 17.7 Å². The molecule has 108 valence electrons. The Bertz CT molecular complexity index is 492. The monoisotopic (exact) mass is 293 g/mol. The summed E-state index contributed by atoms with van der Waals surface area (Å²) < 4.78 is 0. The van der Waals surface area contributed by atoms with E-state index in [2.05, 4.69) is 12.2 Å². The van der Waals surface area contributed by atoms with Crippen LogP contribution in [0.5, 0.6) is 0 Å². The highest BCUT2D eigenvalue weighted by Crippen LogP contribution is 2.28. The van der Waals surface area contributed by atoms with Gasteiger partial charge in [-0.25, -0.2) is 4.79 Å². The van der Waals surface area contributed by atoms with Crippen molar-refractivity contribution in [1.29, 1.82) is 0 Å². The van der Waals surface area contributed by atoms with Crippen LogP contribution in [0.15, 0.2) is 24.3 Å². The quantitative estimate of drug-likeness (QED) is 0.870. The summed E-state index contributed by atoms with van der Waals surface area (Å²) in [5.41, 5.74) is 1.06. The minimum atomic E-state index is -1.08. The fraction of sp³-hybridized carbons (Fsp3) is 0.467. The highest BCUT2D eigenvalue weighted by atomic mass is 32.2. The first-order valence-corrected chi connectivity index (χ1v) is 7.91. The molecule has 1 atom stereocenters. The van der Waals surface area contributed by atoms with E-state index in [4.69, 9.17) is 0 Å². The SMILES string of the molecule is CCc1ccc(CC(=O)NC2(C(=O)O)CCSC2)cc1. The smallest absolute Gasteiger partial charge is 0.330 e. The lowest BCUT2D eigenvalue weighted by atomic mass is 9.98. The number of carbonyl (C=O) groups excluding carboxylic acids is 1. The van der Waals surface area contributed by atoms with E-state index < -0.39 is 11.5 Å². The standard InChI is InChI=1S/C15H19NO3S/c1-2-11-3-5-12(6-4-11)9-13(17)16-15(14(18)19)7-8-20-10-15/h3-6H,2,7-10H2,1H3,(H,16,17)(H,18,19). The second kappa shape index (κ2) is 6.31. The Balaban J connectivity index is 1.99. The zero-order valence-electron chi connectivity index (χ0n) is 11.5. The Labute approximate surface area is 123 Å². The first kappa shape index (κ1) is 14.9. The maximum absolute atomic E-state index is 12.0. The van der Waals surface area contributed by atoms with E-state index in [9.17, 15) is 14.7 Å². The van der Waals surface area contributed by atoms with Gasteiger partial charge in [-0.15, -0.1) is 0 Å². The van der Waals surface area contributed by atoms with Crippen LogP contribution in [0, 0.1) is 0 Å². The van der Waals surface area contributed by atoms with Crippen LogP contribution in [0.4, 0.5) is 0 Å². The average Bonchev–Trinajstić information content (AvgIpc) is 2.89. The van der Waals surface area contributed by atoms with Crippen LogP contribution in [-0.4, -0.2) is 34.0 Å². The molecule has 1 fully saturated rings. The normalized spacial score (nSPS) is 21.6. The van der Waals surface area contributed by atoms with Crippen LogP contribution >= 0.6 is 11.8 Å². The minimum absolute atomic E-state index is 0.223. The predicted octanol–water partition coefficient (Wildman–Crippen LogP) is 1.87. The van der Waals surface area contributed by atoms with Crippen molar-refractivity contribution in [2.24, 2.45) is 0 Å². The second-order valence-corrected chi connectivity index (χ2v) is 6.19. The molecule has 1 aromatic carbocycles. The molecule has 0 spiro atoms. The van der Waals surface area contributed by atoms with Gasteiger partial charge in [-0.05, 0) is 29.7 Å². The third-order valence-corrected chi connectivity index (χ3v) is 4.80. The molecule has 0 bridgehead atoms. The Morgan fingerprint density at radius 2 is 1.95 bits per heavy atom. The molecule has 1 unspecified atom stereocenters. The number of carbonyl (C=O) groups is 2. The average molecular weight is 293 g/mol. The number of rotatable bonds is 5. The molecule has 20 heavy (non-hydrogen) atoms. The highest BCUT2D eigenvalue weighted by molar-refractivity contribution is 7.99. The molecule has 5 heteroatoms. The van der Waals surface area contributed by atoms with E-state index in [1.165, 1.54) is 5.56 Å². The first-order chi connectivity index (χ1) is 9.55. The fourth-order valence-corrected chi connectivity index (χ4v) is 3.60. The van der Waals surface area contributed by atoms with Gasteiger partial charge in [-0.2, -0.15) is 11.8 Å². The van der Waals surface area contributed by atoms with Crippen molar-refractivity contribution in [3.63, 3.8) is 0 Å². The van der Waals surface area contributed by atoms with Crippen molar-refractivity contribution < 1.29 is 14.7 Å². The van der Waals surface area contributed by atoms with Crippen LogP contribution in [0.3, 0.4) is 0 Å². The van der Waals surface area contributed by atoms with Gasteiger partial charge >= 0.3 is 5.97 Å². The number of nitrogens with one attached hydrogen (secondary N) is 1. The predicted molar refractivity (Wildman–Crippen MR) is 80.0 cm³/mol.